The van der Waals surface area contributed by atoms with Gasteiger partial charge >= 0.3 is 0 Å². The summed E-state index contributed by atoms with van der Waals surface area (Å²) in [6.45, 7) is 8.16. The standard InChI is InChI=1S/C15H23N3O/c1-15(2,3)11-6-4-7-12-14(11)18(13(19)10-16)9-5-8-17-12/h4,6-7,17H,5,8-10,16H2,1-3H3. The van der Waals surface area contributed by atoms with Crippen LogP contribution in [0.25, 0.3) is 0 Å². The molecular formula is C15H23N3O. The summed E-state index contributed by atoms with van der Waals surface area (Å²) in [7, 11) is 0. The van der Waals surface area contributed by atoms with Crippen LogP contribution in [0, 0.1) is 0 Å². The van der Waals surface area contributed by atoms with Gasteiger partial charge in [-0.15, -0.1) is 0 Å². The van der Waals surface area contributed by atoms with Crippen LogP contribution < -0.4 is 16.0 Å². The number of nitrogens with zero attached hydrogens (tertiary/aromatic N) is 1. The van der Waals surface area contributed by atoms with Gasteiger partial charge in [-0.3, -0.25) is 4.79 Å². The van der Waals surface area contributed by atoms with Crippen molar-refractivity contribution in [1.29, 1.82) is 0 Å². The predicted octanol–water partition coefficient (Wildman–Crippen LogP) is 2.09. The summed E-state index contributed by atoms with van der Waals surface area (Å²) >= 11 is 0. The van der Waals surface area contributed by atoms with Gasteiger partial charge in [-0.25, -0.2) is 0 Å². The molecule has 104 valence electrons. The van der Waals surface area contributed by atoms with Crippen molar-refractivity contribution in [3.63, 3.8) is 0 Å². The molecule has 2 rings (SSSR count). The Morgan fingerprint density at radius 2 is 2.16 bits per heavy atom. The van der Waals surface area contributed by atoms with Crippen LogP contribution in [0.3, 0.4) is 0 Å². The van der Waals surface area contributed by atoms with Crippen LogP contribution in [0.1, 0.15) is 32.8 Å². The van der Waals surface area contributed by atoms with Crippen molar-refractivity contribution in [3.8, 4) is 0 Å². The zero-order valence-electron chi connectivity index (χ0n) is 12.0. The SMILES string of the molecule is CC(C)(C)c1cccc2c1N(C(=O)CN)CCCN2. The maximum absolute atomic E-state index is 12.1. The summed E-state index contributed by atoms with van der Waals surface area (Å²) in [5, 5.41) is 3.41. The average molecular weight is 261 g/mol. The molecule has 1 aliphatic rings. The highest BCUT2D eigenvalue weighted by molar-refractivity contribution is 5.99. The third-order valence-corrected chi connectivity index (χ3v) is 3.46. The van der Waals surface area contributed by atoms with E-state index in [0.717, 1.165) is 30.9 Å². The van der Waals surface area contributed by atoms with E-state index in [0.29, 0.717) is 0 Å². The fourth-order valence-electron chi connectivity index (χ4n) is 2.51. The monoisotopic (exact) mass is 261 g/mol. The van der Waals surface area contributed by atoms with Gasteiger partial charge in [0, 0.05) is 13.1 Å². The number of nitrogens with one attached hydrogen (secondary N) is 1. The van der Waals surface area contributed by atoms with Crippen LogP contribution >= 0.6 is 0 Å². The summed E-state index contributed by atoms with van der Waals surface area (Å²) in [5.41, 5.74) is 8.77. The number of fused-ring (bicyclic) bond motifs is 1. The molecule has 1 amide bonds. The molecular weight excluding hydrogens is 238 g/mol. The minimum Gasteiger partial charge on any atom is -0.383 e. The molecule has 4 nitrogen and oxygen atoms in total. The van der Waals surface area contributed by atoms with E-state index >= 15 is 0 Å². The second-order valence-corrected chi connectivity index (χ2v) is 5.98. The van der Waals surface area contributed by atoms with Gasteiger partial charge in [-0.1, -0.05) is 32.9 Å². The molecule has 0 unspecified atom stereocenters. The molecule has 1 heterocycles. The van der Waals surface area contributed by atoms with E-state index in [1.54, 1.807) is 0 Å². The van der Waals surface area contributed by atoms with Crippen LogP contribution in [0.5, 0.6) is 0 Å². The largest absolute Gasteiger partial charge is 0.383 e. The van der Waals surface area contributed by atoms with Crippen LogP contribution in [-0.2, 0) is 10.2 Å². The fraction of sp³-hybridized carbons (Fsp3) is 0.533. The zero-order valence-corrected chi connectivity index (χ0v) is 12.0. The highest BCUT2D eigenvalue weighted by atomic mass is 16.2. The molecule has 0 aromatic heterocycles. The lowest BCUT2D eigenvalue weighted by molar-refractivity contribution is -0.117. The van der Waals surface area contributed by atoms with E-state index in [2.05, 4.69) is 32.2 Å². The number of carbonyl (C=O) groups excluding carboxylic acids is 1. The first-order valence-corrected chi connectivity index (χ1v) is 6.83. The number of amides is 1. The Balaban J connectivity index is 2.59. The minimum absolute atomic E-state index is 0.00943. The van der Waals surface area contributed by atoms with E-state index < -0.39 is 0 Å². The number of anilines is 2. The topological polar surface area (TPSA) is 58.4 Å². The highest BCUT2D eigenvalue weighted by Gasteiger charge is 2.27. The van der Waals surface area contributed by atoms with Gasteiger partial charge in [0.1, 0.15) is 0 Å². The van der Waals surface area contributed by atoms with Crippen molar-refractivity contribution in [3.05, 3.63) is 23.8 Å². The fourth-order valence-corrected chi connectivity index (χ4v) is 2.51. The van der Waals surface area contributed by atoms with Gasteiger partial charge in [0.15, 0.2) is 0 Å². The molecule has 19 heavy (non-hydrogen) atoms. The molecule has 1 aromatic carbocycles. The van der Waals surface area contributed by atoms with E-state index in [-0.39, 0.29) is 17.9 Å². The predicted molar refractivity (Wildman–Crippen MR) is 79.7 cm³/mol. The first kappa shape index (κ1) is 13.9. The smallest absolute Gasteiger partial charge is 0.240 e. The number of carbonyl (C=O) groups is 1. The Morgan fingerprint density at radius 3 is 2.79 bits per heavy atom. The molecule has 0 bridgehead atoms. The Bertz CT molecular complexity index is 477. The highest BCUT2D eigenvalue weighted by Crippen LogP contribution is 2.38. The first-order valence-electron chi connectivity index (χ1n) is 6.83. The number of nitrogens with two attached hydrogens (primary N) is 1. The third-order valence-electron chi connectivity index (χ3n) is 3.46. The van der Waals surface area contributed by atoms with Gasteiger partial charge in [-0.05, 0) is 23.5 Å². The minimum atomic E-state index is -0.0124. The van der Waals surface area contributed by atoms with Crippen molar-refractivity contribution in [2.24, 2.45) is 5.73 Å². The Hall–Kier alpha value is -1.55. The maximum atomic E-state index is 12.1. The van der Waals surface area contributed by atoms with Gasteiger partial charge in [0.2, 0.25) is 5.91 Å². The summed E-state index contributed by atoms with van der Waals surface area (Å²) in [6.07, 6.45) is 0.935. The first-order chi connectivity index (χ1) is 8.95. The quantitative estimate of drug-likeness (QED) is 0.814. The molecule has 1 aromatic rings. The van der Waals surface area contributed by atoms with Crippen LogP contribution in [-0.4, -0.2) is 25.5 Å². The molecule has 0 saturated heterocycles. The summed E-state index contributed by atoms with van der Waals surface area (Å²) < 4.78 is 0. The van der Waals surface area contributed by atoms with Crippen molar-refractivity contribution in [1.82, 2.24) is 0 Å². The number of rotatable bonds is 1. The molecule has 0 atom stereocenters. The lowest BCUT2D eigenvalue weighted by Gasteiger charge is -2.30. The zero-order chi connectivity index (χ0) is 14.0. The average Bonchev–Trinajstić information content (AvgIpc) is 2.58. The Kier molecular flexibility index (Phi) is 3.80. The van der Waals surface area contributed by atoms with Crippen LogP contribution in [0.15, 0.2) is 18.2 Å². The third kappa shape index (κ3) is 2.73. The molecule has 0 saturated carbocycles. The number of hydrogen-bond acceptors (Lipinski definition) is 3. The summed E-state index contributed by atoms with van der Waals surface area (Å²) in [4.78, 5) is 14.0. The van der Waals surface area contributed by atoms with Gasteiger partial charge in [0.05, 0.1) is 17.9 Å². The van der Waals surface area contributed by atoms with Crippen molar-refractivity contribution in [2.75, 3.05) is 29.9 Å². The summed E-state index contributed by atoms with van der Waals surface area (Å²) in [5.74, 6) is -0.0124. The van der Waals surface area contributed by atoms with Crippen molar-refractivity contribution < 1.29 is 4.79 Å². The normalized spacial score (nSPS) is 15.5. The molecule has 0 spiro atoms. The van der Waals surface area contributed by atoms with E-state index in [1.165, 1.54) is 5.56 Å². The summed E-state index contributed by atoms with van der Waals surface area (Å²) in [6, 6.07) is 6.18. The molecule has 3 N–H and O–H groups in total. The van der Waals surface area contributed by atoms with Crippen molar-refractivity contribution >= 4 is 17.3 Å². The van der Waals surface area contributed by atoms with Crippen molar-refractivity contribution in [2.45, 2.75) is 32.6 Å². The number of hydrogen-bond donors (Lipinski definition) is 2. The lowest BCUT2D eigenvalue weighted by atomic mass is 9.85. The van der Waals surface area contributed by atoms with Gasteiger partial charge in [0.25, 0.3) is 0 Å². The van der Waals surface area contributed by atoms with Gasteiger partial charge < -0.3 is 16.0 Å². The molecule has 0 aliphatic carbocycles. The van der Waals surface area contributed by atoms with E-state index in [1.807, 2.05) is 17.0 Å². The molecule has 0 radical (unpaired) electrons. The lowest BCUT2D eigenvalue weighted by Crippen LogP contribution is -2.38. The Morgan fingerprint density at radius 1 is 1.42 bits per heavy atom. The second-order valence-electron chi connectivity index (χ2n) is 5.98. The number of benzene rings is 1. The number of para-hydroxylation sites is 1. The Labute approximate surface area is 115 Å². The molecule has 4 heteroatoms. The van der Waals surface area contributed by atoms with E-state index in [4.69, 9.17) is 5.73 Å². The van der Waals surface area contributed by atoms with Gasteiger partial charge in [-0.2, -0.15) is 0 Å². The maximum Gasteiger partial charge on any atom is 0.240 e. The van der Waals surface area contributed by atoms with Crippen LogP contribution in [0.2, 0.25) is 0 Å². The van der Waals surface area contributed by atoms with E-state index in [9.17, 15) is 4.79 Å². The second kappa shape index (κ2) is 5.21. The molecule has 1 aliphatic heterocycles. The van der Waals surface area contributed by atoms with Crippen LogP contribution in [0.4, 0.5) is 11.4 Å². The molecule has 0 fully saturated rings.